The molecule has 0 amide bonds. The molecule has 0 bridgehead atoms. The van der Waals surface area contributed by atoms with E-state index in [-0.39, 0.29) is 12.7 Å². The van der Waals surface area contributed by atoms with Crippen LogP contribution in [-0.2, 0) is 17.6 Å². The van der Waals surface area contributed by atoms with Gasteiger partial charge in [-0.05, 0) is 60.6 Å². The van der Waals surface area contributed by atoms with Gasteiger partial charge in [-0.1, -0.05) is 51.2 Å². The molecule has 0 radical (unpaired) electrons. The lowest BCUT2D eigenvalue weighted by atomic mass is 9.73. The highest BCUT2D eigenvalue weighted by atomic mass is 16.5. The first-order valence-corrected chi connectivity index (χ1v) is 10.2. The second-order valence-electron chi connectivity index (χ2n) is 8.08. The van der Waals surface area contributed by atoms with Crippen LogP contribution in [0.4, 0.5) is 0 Å². The Hall–Kier alpha value is -1.55. The molecule has 0 saturated heterocycles. The Kier molecular flexibility index (Phi) is 6.58. The van der Waals surface area contributed by atoms with Gasteiger partial charge in [0, 0.05) is 0 Å². The second-order valence-corrected chi connectivity index (χ2v) is 8.08. The summed E-state index contributed by atoms with van der Waals surface area (Å²) in [4.78, 5) is 10.8. The maximum absolute atomic E-state index is 10.8. The van der Waals surface area contributed by atoms with Crippen molar-refractivity contribution in [1.29, 1.82) is 0 Å². The molecule has 1 saturated carbocycles. The third-order valence-electron chi connectivity index (χ3n) is 6.34. The zero-order valence-corrected chi connectivity index (χ0v) is 15.8. The van der Waals surface area contributed by atoms with Crippen LogP contribution >= 0.6 is 0 Å². The number of aliphatic hydroxyl groups excluding tert-OH is 1. The van der Waals surface area contributed by atoms with Gasteiger partial charge < -0.3 is 14.9 Å². The average Bonchev–Trinajstić information content (AvgIpc) is 2.92. The van der Waals surface area contributed by atoms with Gasteiger partial charge in [0.25, 0.3) is 0 Å². The summed E-state index contributed by atoms with van der Waals surface area (Å²) in [7, 11) is 0. The maximum Gasteiger partial charge on any atom is 0.341 e. The van der Waals surface area contributed by atoms with Crippen LogP contribution in [0.3, 0.4) is 0 Å². The average molecular weight is 360 g/mol. The number of carboxylic acids is 1. The lowest BCUT2D eigenvalue weighted by molar-refractivity contribution is -0.139. The molecule has 3 rings (SSSR count). The number of ether oxygens (including phenoxy) is 1. The summed E-state index contributed by atoms with van der Waals surface area (Å²) in [6.07, 6.45) is 10.1. The molecule has 0 aliphatic heterocycles. The molecule has 144 valence electrons. The molecule has 4 heteroatoms. The van der Waals surface area contributed by atoms with Gasteiger partial charge in [0.15, 0.2) is 6.61 Å². The van der Waals surface area contributed by atoms with Crippen molar-refractivity contribution in [2.24, 2.45) is 17.8 Å². The number of benzene rings is 1. The van der Waals surface area contributed by atoms with Crippen LogP contribution in [0.15, 0.2) is 18.2 Å². The zero-order chi connectivity index (χ0) is 18.5. The van der Waals surface area contributed by atoms with E-state index in [0.717, 1.165) is 31.2 Å². The first kappa shape index (κ1) is 19.2. The summed E-state index contributed by atoms with van der Waals surface area (Å²) < 4.78 is 5.51. The van der Waals surface area contributed by atoms with Crippen LogP contribution in [0, 0.1) is 17.8 Å². The molecule has 2 aliphatic rings. The molecule has 1 aromatic carbocycles. The molecule has 2 N–H and O–H groups in total. The fourth-order valence-electron chi connectivity index (χ4n) is 5.06. The van der Waals surface area contributed by atoms with E-state index in [2.05, 4.69) is 13.0 Å². The van der Waals surface area contributed by atoms with Gasteiger partial charge in [0.1, 0.15) is 5.75 Å². The molecule has 4 nitrogen and oxygen atoms in total. The Bertz CT molecular complexity index is 612. The van der Waals surface area contributed by atoms with Crippen LogP contribution in [0.1, 0.15) is 63.0 Å². The summed E-state index contributed by atoms with van der Waals surface area (Å²) in [5.41, 5.74) is 2.44. The molecule has 1 fully saturated rings. The fourth-order valence-corrected chi connectivity index (χ4v) is 5.06. The number of hydrogen-bond donors (Lipinski definition) is 2. The number of unbranched alkanes of at least 4 members (excludes halogenated alkanes) is 4. The summed E-state index contributed by atoms with van der Waals surface area (Å²) in [5.74, 6) is 1.22. The van der Waals surface area contributed by atoms with E-state index in [4.69, 9.17) is 9.84 Å². The third kappa shape index (κ3) is 4.40. The molecule has 1 unspecified atom stereocenters. The van der Waals surface area contributed by atoms with Gasteiger partial charge >= 0.3 is 5.97 Å². The summed E-state index contributed by atoms with van der Waals surface area (Å²) in [6, 6.07) is 5.97. The van der Waals surface area contributed by atoms with Gasteiger partial charge in [-0.2, -0.15) is 0 Å². The quantitative estimate of drug-likeness (QED) is 0.647. The van der Waals surface area contributed by atoms with Crippen LogP contribution in [0.5, 0.6) is 5.75 Å². The van der Waals surface area contributed by atoms with Crippen LogP contribution in [0.25, 0.3) is 0 Å². The number of rotatable bonds is 9. The van der Waals surface area contributed by atoms with E-state index in [9.17, 15) is 9.90 Å². The van der Waals surface area contributed by atoms with Crippen LogP contribution in [0.2, 0.25) is 0 Å². The highest BCUT2D eigenvalue weighted by Crippen LogP contribution is 2.48. The normalized spacial score (nSPS) is 27.0. The largest absolute Gasteiger partial charge is 0.482 e. The van der Waals surface area contributed by atoms with E-state index < -0.39 is 5.97 Å². The first-order valence-electron chi connectivity index (χ1n) is 10.2. The predicted molar refractivity (Wildman–Crippen MR) is 101 cm³/mol. The highest BCUT2D eigenvalue weighted by Gasteiger charge is 2.44. The molecular formula is C22H32O4. The summed E-state index contributed by atoms with van der Waals surface area (Å²) in [5, 5.41) is 19.5. The fraction of sp³-hybridized carbons (Fsp3) is 0.682. The third-order valence-corrected chi connectivity index (χ3v) is 6.34. The van der Waals surface area contributed by atoms with Crippen molar-refractivity contribution in [2.45, 2.75) is 70.8 Å². The molecule has 2 aliphatic carbocycles. The highest BCUT2D eigenvalue weighted by molar-refractivity contribution is 5.68. The summed E-state index contributed by atoms with van der Waals surface area (Å²) >= 11 is 0. The smallest absolute Gasteiger partial charge is 0.341 e. The van der Waals surface area contributed by atoms with Gasteiger partial charge in [-0.15, -0.1) is 0 Å². The lowest BCUT2D eigenvalue weighted by Crippen LogP contribution is -2.27. The van der Waals surface area contributed by atoms with Crippen molar-refractivity contribution < 1.29 is 19.7 Å². The molecule has 0 heterocycles. The topological polar surface area (TPSA) is 66.8 Å². The number of carboxylic acid groups (broad SMARTS) is 1. The molecule has 1 aromatic rings. The molecule has 0 spiro atoms. The lowest BCUT2D eigenvalue weighted by Gasteiger charge is -2.32. The van der Waals surface area contributed by atoms with E-state index in [0.29, 0.717) is 23.5 Å². The van der Waals surface area contributed by atoms with Crippen molar-refractivity contribution in [3.8, 4) is 5.75 Å². The van der Waals surface area contributed by atoms with Gasteiger partial charge in [0.05, 0.1) is 6.10 Å². The minimum Gasteiger partial charge on any atom is -0.482 e. The molecular weight excluding hydrogens is 328 g/mol. The van der Waals surface area contributed by atoms with E-state index in [1.54, 1.807) is 0 Å². The number of hydrogen-bond acceptors (Lipinski definition) is 3. The van der Waals surface area contributed by atoms with Crippen molar-refractivity contribution in [3.63, 3.8) is 0 Å². The SMILES string of the molecule is CCCCCCCC1[C@H](O)C[C@@H]2Cc3c(cccc3OCC(=O)O)C[C@H]12. The van der Waals surface area contributed by atoms with Crippen molar-refractivity contribution in [1.82, 2.24) is 0 Å². The van der Waals surface area contributed by atoms with Crippen molar-refractivity contribution in [2.75, 3.05) is 6.61 Å². The van der Waals surface area contributed by atoms with Crippen molar-refractivity contribution >= 4 is 5.97 Å². The number of aliphatic hydroxyl groups is 1. The predicted octanol–water partition coefficient (Wildman–Crippen LogP) is 4.22. The Labute approximate surface area is 156 Å². The van der Waals surface area contributed by atoms with E-state index in [1.807, 2.05) is 12.1 Å². The minimum absolute atomic E-state index is 0.186. The monoisotopic (exact) mass is 360 g/mol. The first-order chi connectivity index (χ1) is 12.6. The zero-order valence-electron chi connectivity index (χ0n) is 15.8. The second kappa shape index (κ2) is 8.90. The van der Waals surface area contributed by atoms with Crippen molar-refractivity contribution in [3.05, 3.63) is 29.3 Å². The van der Waals surface area contributed by atoms with E-state index >= 15 is 0 Å². The van der Waals surface area contributed by atoms with E-state index in [1.165, 1.54) is 37.7 Å². The number of aliphatic carboxylic acids is 1. The Balaban J connectivity index is 1.65. The number of fused-ring (bicyclic) bond motifs is 2. The molecule has 4 atom stereocenters. The Morgan fingerprint density at radius 3 is 2.77 bits per heavy atom. The Morgan fingerprint density at radius 1 is 1.19 bits per heavy atom. The molecule has 26 heavy (non-hydrogen) atoms. The van der Waals surface area contributed by atoms with Gasteiger partial charge in [-0.25, -0.2) is 4.79 Å². The van der Waals surface area contributed by atoms with Crippen LogP contribution < -0.4 is 4.74 Å². The Morgan fingerprint density at radius 2 is 2.00 bits per heavy atom. The number of carbonyl (C=O) groups is 1. The van der Waals surface area contributed by atoms with Gasteiger partial charge in [0.2, 0.25) is 0 Å². The van der Waals surface area contributed by atoms with Crippen LogP contribution in [-0.4, -0.2) is 28.9 Å². The summed E-state index contributed by atoms with van der Waals surface area (Å²) in [6.45, 7) is 1.94. The van der Waals surface area contributed by atoms with Gasteiger partial charge in [-0.3, -0.25) is 0 Å². The maximum atomic E-state index is 10.8. The minimum atomic E-state index is -0.948. The molecule has 0 aromatic heterocycles. The standard InChI is InChI=1S/C22H32O4/c1-2-3-4-5-6-9-17-18-11-15-8-7-10-21(26-14-22(24)25)19(15)12-16(18)13-20(17)23/h7-8,10,16-18,20,23H,2-6,9,11-14H2,1H3,(H,24,25)/t16-,17?,18-,20+/m0/s1.